The summed E-state index contributed by atoms with van der Waals surface area (Å²) in [5.74, 6) is 2.54. The summed E-state index contributed by atoms with van der Waals surface area (Å²) in [6, 6.07) is 6.15. The lowest BCUT2D eigenvalue weighted by molar-refractivity contribution is -0.123. The van der Waals surface area contributed by atoms with Crippen LogP contribution in [0.5, 0.6) is 0 Å². The van der Waals surface area contributed by atoms with Gasteiger partial charge < -0.3 is 10.2 Å². The predicted octanol–water partition coefficient (Wildman–Crippen LogP) is 2.97. The topological polar surface area (TPSA) is 74.2 Å². The molecule has 1 aliphatic carbocycles. The number of carbonyl (C=O) groups is 1. The molecule has 0 aromatic carbocycles. The molecule has 0 bridgehead atoms. The number of nitrogens with one attached hydrogen (secondary N) is 1. The third-order valence-corrected chi connectivity index (χ3v) is 6.60. The lowest BCUT2D eigenvalue weighted by atomic mass is 9.87. The molecule has 2 atom stereocenters. The molecule has 1 N–H and O–H groups in total. The number of anilines is 1. The van der Waals surface area contributed by atoms with Crippen LogP contribution >= 0.6 is 0 Å². The van der Waals surface area contributed by atoms with Crippen LogP contribution in [0.1, 0.15) is 43.9 Å². The maximum Gasteiger partial charge on any atom is 0.234 e. The Hall–Kier alpha value is -2.54. The average Bonchev–Trinajstić information content (AvgIpc) is 2.77. The molecule has 1 saturated heterocycles. The van der Waals surface area contributed by atoms with Crippen LogP contribution in [0.15, 0.2) is 24.4 Å². The molecule has 2 unspecified atom stereocenters. The molecule has 31 heavy (non-hydrogen) atoms. The average molecular weight is 423 g/mol. The number of pyridine rings is 1. The number of aromatic nitrogens is 3. The van der Waals surface area contributed by atoms with Crippen LogP contribution in [-0.4, -0.2) is 64.5 Å². The summed E-state index contributed by atoms with van der Waals surface area (Å²) in [6.07, 6.45) is 6.52. The zero-order chi connectivity index (χ0) is 21.8. The summed E-state index contributed by atoms with van der Waals surface area (Å²) >= 11 is 0. The molecule has 1 saturated carbocycles. The van der Waals surface area contributed by atoms with E-state index in [4.69, 9.17) is 4.98 Å². The Labute approximate surface area is 185 Å². The van der Waals surface area contributed by atoms with E-state index in [9.17, 15) is 4.79 Å². The highest BCUT2D eigenvalue weighted by Crippen LogP contribution is 2.25. The molecule has 7 heteroatoms. The fraction of sp³-hybridized carbons (Fsp3) is 0.583. The molecule has 2 aromatic rings. The normalized spacial score (nSPS) is 22.4. The monoisotopic (exact) mass is 422 g/mol. The summed E-state index contributed by atoms with van der Waals surface area (Å²) in [6.45, 7) is 10.3. The fourth-order valence-electron chi connectivity index (χ4n) is 4.69. The van der Waals surface area contributed by atoms with E-state index in [-0.39, 0.29) is 5.91 Å². The first-order valence-corrected chi connectivity index (χ1v) is 11.5. The molecule has 2 aliphatic rings. The molecule has 3 heterocycles. The minimum absolute atomic E-state index is 0.166. The standard InChI is InChI=1S/C24H34N6O/c1-17-7-6-8-20(15-17)27-22(31)16-29-11-13-30(14-12-29)24-18(2)19(3)26-23(28-24)21-9-4-5-10-25-21/h4-5,9-10,17,20H,6-8,11-16H2,1-3H3,(H,27,31). The molecule has 2 fully saturated rings. The Morgan fingerprint density at radius 3 is 2.65 bits per heavy atom. The third-order valence-electron chi connectivity index (χ3n) is 6.60. The minimum Gasteiger partial charge on any atom is -0.354 e. The highest BCUT2D eigenvalue weighted by Gasteiger charge is 2.25. The van der Waals surface area contributed by atoms with Gasteiger partial charge in [0.05, 0.1) is 6.54 Å². The Morgan fingerprint density at radius 2 is 1.94 bits per heavy atom. The van der Waals surface area contributed by atoms with Crippen LogP contribution in [0.3, 0.4) is 0 Å². The van der Waals surface area contributed by atoms with Gasteiger partial charge in [-0.05, 0) is 44.7 Å². The van der Waals surface area contributed by atoms with Crippen molar-refractivity contribution in [3.05, 3.63) is 35.7 Å². The summed E-state index contributed by atoms with van der Waals surface area (Å²) in [5, 5.41) is 3.26. The maximum absolute atomic E-state index is 12.5. The lowest BCUT2D eigenvalue weighted by Gasteiger charge is -2.36. The molecule has 166 valence electrons. The molecular weight excluding hydrogens is 388 g/mol. The smallest absolute Gasteiger partial charge is 0.234 e. The maximum atomic E-state index is 12.5. The predicted molar refractivity (Wildman–Crippen MR) is 123 cm³/mol. The molecular formula is C24H34N6O. The third kappa shape index (κ3) is 5.39. The highest BCUT2D eigenvalue weighted by molar-refractivity contribution is 5.78. The van der Waals surface area contributed by atoms with Gasteiger partial charge in [0.15, 0.2) is 5.82 Å². The van der Waals surface area contributed by atoms with Crippen molar-refractivity contribution < 1.29 is 4.79 Å². The number of carbonyl (C=O) groups excluding carboxylic acids is 1. The van der Waals surface area contributed by atoms with Gasteiger partial charge in [-0.1, -0.05) is 25.8 Å². The first-order chi connectivity index (χ1) is 15.0. The molecule has 0 radical (unpaired) electrons. The van der Waals surface area contributed by atoms with Crippen molar-refractivity contribution >= 4 is 11.7 Å². The van der Waals surface area contributed by atoms with Gasteiger partial charge in [-0.2, -0.15) is 0 Å². The fourth-order valence-corrected chi connectivity index (χ4v) is 4.69. The van der Waals surface area contributed by atoms with Crippen LogP contribution in [0.2, 0.25) is 0 Å². The minimum atomic E-state index is 0.166. The van der Waals surface area contributed by atoms with Crippen molar-refractivity contribution in [2.75, 3.05) is 37.6 Å². The van der Waals surface area contributed by atoms with Crippen molar-refractivity contribution in [1.29, 1.82) is 0 Å². The Balaban J connectivity index is 1.35. The molecule has 7 nitrogen and oxygen atoms in total. The zero-order valence-electron chi connectivity index (χ0n) is 19.0. The lowest BCUT2D eigenvalue weighted by Crippen LogP contribution is -2.51. The number of piperazine rings is 1. The second-order valence-electron chi connectivity index (χ2n) is 9.10. The van der Waals surface area contributed by atoms with Gasteiger partial charge in [0.25, 0.3) is 0 Å². The van der Waals surface area contributed by atoms with E-state index >= 15 is 0 Å². The number of nitrogens with zero attached hydrogens (tertiary/aromatic N) is 5. The second-order valence-corrected chi connectivity index (χ2v) is 9.10. The van der Waals surface area contributed by atoms with Gasteiger partial charge in [-0.3, -0.25) is 14.7 Å². The van der Waals surface area contributed by atoms with E-state index in [0.717, 1.165) is 67.7 Å². The molecule has 1 aliphatic heterocycles. The van der Waals surface area contributed by atoms with Crippen LogP contribution in [0.25, 0.3) is 11.5 Å². The van der Waals surface area contributed by atoms with E-state index in [0.29, 0.717) is 18.4 Å². The van der Waals surface area contributed by atoms with Gasteiger partial charge in [-0.15, -0.1) is 0 Å². The molecule has 1 amide bonds. The zero-order valence-corrected chi connectivity index (χ0v) is 19.0. The van der Waals surface area contributed by atoms with Crippen molar-refractivity contribution in [3.63, 3.8) is 0 Å². The highest BCUT2D eigenvalue weighted by atomic mass is 16.2. The van der Waals surface area contributed by atoms with Crippen LogP contribution < -0.4 is 10.2 Å². The first kappa shape index (κ1) is 21.7. The van der Waals surface area contributed by atoms with Gasteiger partial charge >= 0.3 is 0 Å². The van der Waals surface area contributed by atoms with Crippen molar-refractivity contribution in [2.24, 2.45) is 5.92 Å². The number of amides is 1. The summed E-state index contributed by atoms with van der Waals surface area (Å²) in [5.41, 5.74) is 2.88. The first-order valence-electron chi connectivity index (χ1n) is 11.5. The Kier molecular flexibility index (Phi) is 6.80. The number of rotatable bonds is 5. The van der Waals surface area contributed by atoms with E-state index < -0.39 is 0 Å². The summed E-state index contributed by atoms with van der Waals surface area (Å²) < 4.78 is 0. The van der Waals surface area contributed by atoms with Gasteiger partial charge in [0.2, 0.25) is 5.91 Å². The van der Waals surface area contributed by atoms with Crippen molar-refractivity contribution in [3.8, 4) is 11.5 Å². The Bertz CT molecular complexity index is 894. The van der Waals surface area contributed by atoms with Crippen LogP contribution in [0.4, 0.5) is 5.82 Å². The van der Waals surface area contributed by atoms with Gasteiger partial charge in [0, 0.05) is 49.7 Å². The molecule has 2 aromatic heterocycles. The summed E-state index contributed by atoms with van der Waals surface area (Å²) in [4.78, 5) is 31.0. The Morgan fingerprint density at radius 1 is 1.13 bits per heavy atom. The number of hydrogen-bond acceptors (Lipinski definition) is 6. The van der Waals surface area contributed by atoms with E-state index in [1.54, 1.807) is 6.20 Å². The van der Waals surface area contributed by atoms with E-state index in [2.05, 4.69) is 38.9 Å². The number of hydrogen-bond donors (Lipinski definition) is 1. The largest absolute Gasteiger partial charge is 0.354 e. The molecule has 4 rings (SSSR count). The van der Waals surface area contributed by atoms with Crippen LogP contribution in [0, 0.1) is 19.8 Å². The van der Waals surface area contributed by atoms with Gasteiger partial charge in [-0.25, -0.2) is 9.97 Å². The van der Waals surface area contributed by atoms with Crippen molar-refractivity contribution in [1.82, 2.24) is 25.2 Å². The second kappa shape index (κ2) is 9.73. The number of aryl methyl sites for hydroxylation is 1. The quantitative estimate of drug-likeness (QED) is 0.799. The summed E-state index contributed by atoms with van der Waals surface area (Å²) in [7, 11) is 0. The van der Waals surface area contributed by atoms with E-state index in [1.807, 2.05) is 25.1 Å². The van der Waals surface area contributed by atoms with Gasteiger partial charge in [0.1, 0.15) is 11.5 Å². The van der Waals surface area contributed by atoms with E-state index in [1.165, 1.54) is 12.8 Å². The molecule has 0 spiro atoms. The van der Waals surface area contributed by atoms with Crippen molar-refractivity contribution in [2.45, 2.75) is 52.5 Å². The van der Waals surface area contributed by atoms with Crippen LogP contribution in [-0.2, 0) is 4.79 Å². The SMILES string of the molecule is Cc1nc(-c2ccccn2)nc(N2CCN(CC(=O)NC3CCCC(C)C3)CC2)c1C.